The van der Waals surface area contributed by atoms with Gasteiger partial charge in [0.2, 0.25) is 5.91 Å². The van der Waals surface area contributed by atoms with E-state index in [4.69, 9.17) is 11.6 Å². The molecular formula is C22H28ClN3OS. The quantitative estimate of drug-likeness (QED) is 0.649. The summed E-state index contributed by atoms with van der Waals surface area (Å²) in [5, 5.41) is 3.78. The Balaban J connectivity index is 1.50. The van der Waals surface area contributed by atoms with Crippen molar-refractivity contribution in [2.45, 2.75) is 25.2 Å². The maximum Gasteiger partial charge on any atom is 0.225 e. The maximum atomic E-state index is 12.3. The number of rotatable bonds is 7. The Morgan fingerprint density at radius 1 is 1.14 bits per heavy atom. The standard InChI is InChI=1S/C22H28ClN3OS/c1-3-25-11-13-26(14-12-25)18-8-9-20(17(2)16-18)24-22(27)10-15-28-21-7-5-4-6-19(21)23/h4-9,16H,3,10-15H2,1-2H3,(H,24,27). The van der Waals surface area contributed by atoms with E-state index in [1.54, 1.807) is 11.8 Å². The summed E-state index contributed by atoms with van der Waals surface area (Å²) < 4.78 is 0. The van der Waals surface area contributed by atoms with E-state index in [2.05, 4.69) is 41.1 Å². The summed E-state index contributed by atoms with van der Waals surface area (Å²) in [6.07, 6.45) is 0.454. The molecular weight excluding hydrogens is 390 g/mol. The zero-order valence-electron chi connectivity index (χ0n) is 16.6. The lowest BCUT2D eigenvalue weighted by molar-refractivity contribution is -0.115. The molecule has 0 spiro atoms. The molecule has 0 aliphatic carbocycles. The Morgan fingerprint density at radius 2 is 1.89 bits per heavy atom. The van der Waals surface area contributed by atoms with Gasteiger partial charge < -0.3 is 15.1 Å². The number of hydrogen-bond donors (Lipinski definition) is 1. The van der Waals surface area contributed by atoms with Crippen LogP contribution in [0.4, 0.5) is 11.4 Å². The van der Waals surface area contributed by atoms with Crippen LogP contribution < -0.4 is 10.2 Å². The SMILES string of the molecule is CCN1CCN(c2ccc(NC(=O)CCSc3ccccc3Cl)c(C)c2)CC1. The second-order valence-electron chi connectivity index (χ2n) is 7.00. The fourth-order valence-electron chi connectivity index (χ4n) is 3.34. The molecule has 6 heteroatoms. The van der Waals surface area contributed by atoms with Crippen LogP contribution in [0.3, 0.4) is 0 Å². The monoisotopic (exact) mass is 417 g/mol. The molecule has 2 aromatic rings. The van der Waals surface area contributed by atoms with Gasteiger partial charge in [0, 0.05) is 54.6 Å². The van der Waals surface area contributed by atoms with Crippen LogP contribution in [0.15, 0.2) is 47.4 Å². The lowest BCUT2D eigenvalue weighted by Gasteiger charge is -2.35. The van der Waals surface area contributed by atoms with Crippen molar-refractivity contribution in [1.82, 2.24) is 4.90 Å². The summed E-state index contributed by atoms with van der Waals surface area (Å²) in [6.45, 7) is 9.71. The molecule has 1 heterocycles. The normalized spacial score (nSPS) is 14.9. The number of carbonyl (C=O) groups excluding carboxylic acids is 1. The van der Waals surface area contributed by atoms with Crippen LogP contribution in [0.25, 0.3) is 0 Å². The molecule has 0 saturated carbocycles. The van der Waals surface area contributed by atoms with Gasteiger partial charge in [-0.1, -0.05) is 30.7 Å². The van der Waals surface area contributed by atoms with Crippen molar-refractivity contribution in [3.8, 4) is 0 Å². The Labute approximate surface area is 177 Å². The van der Waals surface area contributed by atoms with E-state index in [9.17, 15) is 4.79 Å². The van der Waals surface area contributed by atoms with Gasteiger partial charge in [0.1, 0.15) is 0 Å². The number of thioether (sulfide) groups is 1. The number of benzene rings is 2. The number of anilines is 2. The van der Waals surface area contributed by atoms with Crippen LogP contribution >= 0.6 is 23.4 Å². The van der Waals surface area contributed by atoms with E-state index in [-0.39, 0.29) is 5.91 Å². The first kappa shape index (κ1) is 21.0. The highest BCUT2D eigenvalue weighted by atomic mass is 35.5. The molecule has 0 atom stereocenters. The highest BCUT2D eigenvalue weighted by Gasteiger charge is 2.16. The number of hydrogen-bond acceptors (Lipinski definition) is 4. The molecule has 0 aromatic heterocycles. The first-order valence-corrected chi connectivity index (χ1v) is 11.2. The molecule has 1 saturated heterocycles. The van der Waals surface area contributed by atoms with Crippen molar-refractivity contribution in [3.63, 3.8) is 0 Å². The molecule has 28 heavy (non-hydrogen) atoms. The van der Waals surface area contributed by atoms with Crippen molar-refractivity contribution in [3.05, 3.63) is 53.1 Å². The van der Waals surface area contributed by atoms with Crippen LogP contribution in [-0.2, 0) is 4.79 Å². The minimum Gasteiger partial charge on any atom is -0.369 e. The highest BCUT2D eigenvalue weighted by Crippen LogP contribution is 2.27. The van der Waals surface area contributed by atoms with Crippen molar-refractivity contribution in [1.29, 1.82) is 0 Å². The molecule has 150 valence electrons. The second kappa shape index (κ2) is 10.2. The molecule has 1 N–H and O–H groups in total. The van der Waals surface area contributed by atoms with E-state index < -0.39 is 0 Å². The van der Waals surface area contributed by atoms with Crippen LogP contribution in [0.2, 0.25) is 5.02 Å². The van der Waals surface area contributed by atoms with Crippen molar-refractivity contribution >= 4 is 40.6 Å². The number of nitrogens with zero attached hydrogens (tertiary/aromatic N) is 2. The number of aryl methyl sites for hydroxylation is 1. The van der Waals surface area contributed by atoms with Gasteiger partial charge in [-0.05, 0) is 49.4 Å². The zero-order valence-corrected chi connectivity index (χ0v) is 18.2. The van der Waals surface area contributed by atoms with Gasteiger partial charge in [0.05, 0.1) is 5.02 Å². The molecule has 0 unspecified atom stereocenters. The fraction of sp³-hybridized carbons (Fsp3) is 0.409. The van der Waals surface area contributed by atoms with Crippen LogP contribution in [-0.4, -0.2) is 49.3 Å². The molecule has 0 bridgehead atoms. The van der Waals surface area contributed by atoms with Gasteiger partial charge in [-0.2, -0.15) is 0 Å². The Kier molecular flexibility index (Phi) is 7.65. The van der Waals surface area contributed by atoms with Gasteiger partial charge in [0.25, 0.3) is 0 Å². The van der Waals surface area contributed by atoms with E-state index in [0.717, 1.165) is 53.9 Å². The number of likely N-dealkylation sites (N-methyl/N-ethyl adjacent to an activating group) is 1. The molecule has 1 aliphatic rings. The lowest BCUT2D eigenvalue weighted by atomic mass is 10.1. The molecule has 1 aliphatic heterocycles. The molecule has 1 amide bonds. The second-order valence-corrected chi connectivity index (χ2v) is 8.54. The van der Waals surface area contributed by atoms with Gasteiger partial charge in [0.15, 0.2) is 0 Å². The average Bonchev–Trinajstić information content (AvgIpc) is 2.71. The first-order valence-electron chi connectivity index (χ1n) is 9.82. The van der Waals surface area contributed by atoms with E-state index in [0.29, 0.717) is 12.2 Å². The number of amides is 1. The third-order valence-corrected chi connectivity index (χ3v) is 6.61. The summed E-state index contributed by atoms with van der Waals surface area (Å²) >= 11 is 7.77. The summed E-state index contributed by atoms with van der Waals surface area (Å²) in [5.74, 6) is 0.737. The Hall–Kier alpha value is -1.69. The molecule has 1 fully saturated rings. The smallest absolute Gasteiger partial charge is 0.225 e. The number of halogens is 1. The van der Waals surface area contributed by atoms with Crippen molar-refractivity contribution in [2.75, 3.05) is 48.7 Å². The molecule has 3 rings (SSSR count). The lowest BCUT2D eigenvalue weighted by Crippen LogP contribution is -2.46. The summed E-state index contributed by atoms with van der Waals surface area (Å²) in [7, 11) is 0. The topological polar surface area (TPSA) is 35.6 Å². The van der Waals surface area contributed by atoms with E-state index in [1.165, 1.54) is 5.69 Å². The third kappa shape index (κ3) is 5.66. The summed E-state index contributed by atoms with van der Waals surface area (Å²) in [4.78, 5) is 18.2. The molecule has 2 aromatic carbocycles. The minimum absolute atomic E-state index is 0.0342. The zero-order chi connectivity index (χ0) is 19.9. The number of piperazine rings is 1. The van der Waals surface area contributed by atoms with E-state index >= 15 is 0 Å². The number of nitrogens with one attached hydrogen (secondary N) is 1. The first-order chi connectivity index (χ1) is 13.6. The average molecular weight is 418 g/mol. The van der Waals surface area contributed by atoms with Crippen LogP contribution in [0.5, 0.6) is 0 Å². The van der Waals surface area contributed by atoms with Gasteiger partial charge in [-0.3, -0.25) is 4.79 Å². The third-order valence-electron chi connectivity index (χ3n) is 5.09. The Morgan fingerprint density at radius 3 is 2.57 bits per heavy atom. The van der Waals surface area contributed by atoms with Crippen molar-refractivity contribution < 1.29 is 4.79 Å². The predicted octanol–water partition coefficient (Wildman–Crippen LogP) is 4.91. The Bertz CT molecular complexity index is 806. The van der Waals surface area contributed by atoms with E-state index in [1.807, 2.05) is 30.3 Å². The highest BCUT2D eigenvalue weighted by molar-refractivity contribution is 7.99. The van der Waals surface area contributed by atoms with Gasteiger partial charge >= 0.3 is 0 Å². The predicted molar refractivity (Wildman–Crippen MR) is 121 cm³/mol. The summed E-state index contributed by atoms with van der Waals surface area (Å²) in [5.41, 5.74) is 3.23. The van der Waals surface area contributed by atoms with Crippen LogP contribution in [0, 0.1) is 6.92 Å². The van der Waals surface area contributed by atoms with Gasteiger partial charge in [-0.15, -0.1) is 11.8 Å². The summed E-state index contributed by atoms with van der Waals surface area (Å²) in [6, 6.07) is 14.0. The fourth-order valence-corrected chi connectivity index (χ4v) is 4.52. The molecule has 4 nitrogen and oxygen atoms in total. The maximum absolute atomic E-state index is 12.3. The van der Waals surface area contributed by atoms with Crippen LogP contribution in [0.1, 0.15) is 18.9 Å². The number of carbonyl (C=O) groups is 1. The van der Waals surface area contributed by atoms with Crippen molar-refractivity contribution in [2.24, 2.45) is 0 Å². The largest absolute Gasteiger partial charge is 0.369 e. The van der Waals surface area contributed by atoms with Gasteiger partial charge in [-0.25, -0.2) is 0 Å². The minimum atomic E-state index is 0.0342. The molecule has 0 radical (unpaired) electrons.